The minimum absolute atomic E-state index is 0. The second-order valence-corrected chi connectivity index (χ2v) is 5.51. The molecule has 0 spiro atoms. The Bertz CT molecular complexity index is 784. The molecule has 3 aromatic rings. The van der Waals surface area contributed by atoms with Gasteiger partial charge in [-0.05, 0) is 41.6 Å². The molecule has 0 saturated heterocycles. The Morgan fingerprint density at radius 3 is 2.04 bits per heavy atom. The topological polar surface area (TPSA) is 26.3 Å². The smallest absolute Gasteiger partial charge is 0.423 e. The zero-order valence-corrected chi connectivity index (χ0v) is 17.1. The Hall–Kier alpha value is -1.34. The predicted octanol–water partition coefficient (Wildman–Crippen LogP) is 4.75. The van der Waals surface area contributed by atoms with Gasteiger partial charge in [-0.2, -0.15) is 30.3 Å². The van der Waals surface area contributed by atoms with E-state index in [1.807, 2.05) is 60.7 Å². The van der Waals surface area contributed by atoms with Gasteiger partial charge in [-0.25, -0.2) is 4.79 Å². The molecule has 0 fully saturated rings. The normalized spacial score (nSPS) is 9.88. The first-order valence-corrected chi connectivity index (χ1v) is 8.15. The molecule has 0 aromatic heterocycles. The summed E-state index contributed by atoms with van der Waals surface area (Å²) in [6.07, 6.45) is 0.882. The summed E-state index contributed by atoms with van der Waals surface area (Å²) in [6.45, 7) is 0. The van der Waals surface area contributed by atoms with Crippen LogP contribution in [0.2, 0.25) is 0 Å². The third-order valence-electron chi connectivity index (χ3n) is 3.54. The van der Waals surface area contributed by atoms with Crippen molar-refractivity contribution < 1.29 is 42.2 Å². The van der Waals surface area contributed by atoms with Crippen LogP contribution in [0.4, 0.5) is 0 Å². The quantitative estimate of drug-likeness (QED) is 0.270. The number of esters is 1. The minimum atomic E-state index is -0.350. The Morgan fingerprint density at radius 1 is 0.875 bits per heavy atom. The zero-order chi connectivity index (χ0) is 16.1. The van der Waals surface area contributed by atoms with Gasteiger partial charge in [-0.15, -0.1) is 14.8 Å². The number of carbonyl (C=O) groups excluding carboxylic acids is 1. The van der Waals surface area contributed by atoms with Crippen LogP contribution in [0, 0.1) is 6.07 Å². The molecule has 4 heteroatoms. The number of rotatable bonds is 4. The van der Waals surface area contributed by atoms with Gasteiger partial charge in [0.25, 0.3) is 0 Å². The van der Waals surface area contributed by atoms with E-state index in [9.17, 15) is 4.79 Å². The first-order chi connectivity index (χ1) is 11.3. The molecule has 24 heavy (non-hydrogen) atoms. The van der Waals surface area contributed by atoms with E-state index in [2.05, 4.69) is 15.3 Å². The fourth-order valence-electron chi connectivity index (χ4n) is 2.24. The van der Waals surface area contributed by atoms with E-state index in [-0.39, 0.29) is 38.7 Å². The van der Waals surface area contributed by atoms with Crippen LogP contribution in [0.15, 0.2) is 72.8 Å². The minimum Gasteiger partial charge on any atom is -0.423 e. The van der Waals surface area contributed by atoms with Gasteiger partial charge < -0.3 is 4.74 Å². The van der Waals surface area contributed by atoms with Gasteiger partial charge in [0.2, 0.25) is 0 Å². The van der Waals surface area contributed by atoms with Crippen LogP contribution in [0.3, 0.4) is 0 Å². The molecule has 0 bridgehead atoms. The van der Waals surface area contributed by atoms with E-state index in [0.29, 0.717) is 11.3 Å². The average molecular weight is 408 g/mol. The molecule has 0 N–H and O–H groups in total. The largest absolute Gasteiger partial charge is 3.00 e. The summed E-state index contributed by atoms with van der Waals surface area (Å²) in [6, 6.07) is 25.6. The van der Waals surface area contributed by atoms with Crippen LogP contribution in [-0.4, -0.2) is 5.97 Å². The average Bonchev–Trinajstić information content (AvgIpc) is 2.63. The van der Waals surface area contributed by atoms with Gasteiger partial charge in [0.05, 0.1) is 5.56 Å². The Morgan fingerprint density at radius 2 is 1.46 bits per heavy atom. The maximum atomic E-state index is 12.2. The van der Waals surface area contributed by atoms with Crippen molar-refractivity contribution in [3.05, 3.63) is 90.0 Å². The third kappa shape index (κ3) is 4.83. The first-order valence-electron chi connectivity index (χ1n) is 7.34. The van der Waals surface area contributed by atoms with Crippen molar-refractivity contribution in [2.75, 3.05) is 0 Å². The molecule has 2 nitrogen and oxygen atoms in total. The monoisotopic (exact) mass is 408 g/mol. The fraction of sp³-hybridized carbons (Fsp3) is 0.0500. The van der Waals surface area contributed by atoms with Crippen molar-refractivity contribution in [3.8, 4) is 16.9 Å². The van der Waals surface area contributed by atoms with Crippen molar-refractivity contribution >= 4 is 15.2 Å². The van der Waals surface area contributed by atoms with Gasteiger partial charge in [0.1, 0.15) is 5.75 Å². The standard InChI is InChI=1S/C20H16O2P.Y/c21-20(22-19-12-6-15(14-23)7-13-19)18-10-8-17(9-11-18)16-4-2-1-3-5-16;/h2-13H,14,23H2;/q-1;+3. The summed E-state index contributed by atoms with van der Waals surface area (Å²) in [5.41, 5.74) is 3.86. The van der Waals surface area contributed by atoms with Crippen LogP contribution < -0.4 is 4.74 Å². The second-order valence-electron chi connectivity index (χ2n) is 5.10. The number of carbonyl (C=O) groups is 1. The van der Waals surface area contributed by atoms with Crippen molar-refractivity contribution in [2.24, 2.45) is 0 Å². The molecule has 0 heterocycles. The van der Waals surface area contributed by atoms with Gasteiger partial charge in [0, 0.05) is 0 Å². The van der Waals surface area contributed by atoms with Crippen molar-refractivity contribution in [3.63, 3.8) is 0 Å². The van der Waals surface area contributed by atoms with Gasteiger partial charge in [-0.3, -0.25) is 0 Å². The molecule has 3 aromatic carbocycles. The molecule has 0 aliphatic heterocycles. The van der Waals surface area contributed by atoms with Crippen LogP contribution in [0.1, 0.15) is 15.9 Å². The van der Waals surface area contributed by atoms with Gasteiger partial charge in [0.15, 0.2) is 0 Å². The summed E-state index contributed by atoms with van der Waals surface area (Å²) in [5.74, 6) is 0.205. The molecule has 1 unspecified atom stereocenters. The molecule has 0 aliphatic carbocycles. The molecule has 3 rings (SSSR count). The Labute approximate surface area is 169 Å². The number of hydrogen-bond acceptors (Lipinski definition) is 2. The van der Waals surface area contributed by atoms with E-state index in [1.54, 1.807) is 12.1 Å². The third-order valence-corrected chi connectivity index (χ3v) is 4.01. The van der Waals surface area contributed by atoms with E-state index < -0.39 is 0 Å². The summed E-state index contributed by atoms with van der Waals surface area (Å²) in [4.78, 5) is 12.2. The molecule has 0 amide bonds. The maximum absolute atomic E-state index is 12.2. The van der Waals surface area contributed by atoms with E-state index in [4.69, 9.17) is 4.74 Å². The second kappa shape index (κ2) is 9.23. The number of benzene rings is 3. The molecule has 114 valence electrons. The number of ether oxygens (including phenoxy) is 1. The maximum Gasteiger partial charge on any atom is 3.00 e. The van der Waals surface area contributed by atoms with Crippen LogP contribution in [-0.2, 0) is 38.9 Å². The summed E-state index contributed by atoms with van der Waals surface area (Å²) < 4.78 is 5.39. The van der Waals surface area contributed by atoms with Crippen molar-refractivity contribution in [1.29, 1.82) is 0 Å². The summed E-state index contributed by atoms with van der Waals surface area (Å²) >= 11 is 0. The summed E-state index contributed by atoms with van der Waals surface area (Å²) in [7, 11) is 2.67. The number of hydrogen-bond donors (Lipinski definition) is 0. The SMILES string of the molecule is O=C(Oc1ccc(CP)cc1)c1ccc(-c2cc[c-]cc2)cc1.[Y+3]. The first kappa shape index (κ1) is 19.0. The molecular weight excluding hydrogens is 392 g/mol. The molecule has 0 saturated carbocycles. The molecular formula is C20H16O2PY+2. The summed E-state index contributed by atoms with van der Waals surface area (Å²) in [5, 5.41) is 0. The predicted molar refractivity (Wildman–Crippen MR) is 95.5 cm³/mol. The van der Waals surface area contributed by atoms with Crippen molar-refractivity contribution in [1.82, 2.24) is 0 Å². The van der Waals surface area contributed by atoms with Crippen LogP contribution in [0.5, 0.6) is 5.75 Å². The Balaban J connectivity index is 0.00000208. The van der Waals surface area contributed by atoms with Gasteiger partial charge in [-0.1, -0.05) is 24.3 Å². The fourth-order valence-corrected chi connectivity index (χ4v) is 2.51. The van der Waals surface area contributed by atoms with E-state index in [1.165, 1.54) is 5.56 Å². The molecule has 1 atom stereocenters. The van der Waals surface area contributed by atoms with E-state index >= 15 is 0 Å². The van der Waals surface area contributed by atoms with Gasteiger partial charge >= 0.3 is 38.7 Å². The van der Waals surface area contributed by atoms with Crippen molar-refractivity contribution in [2.45, 2.75) is 6.16 Å². The zero-order valence-electron chi connectivity index (χ0n) is 13.1. The van der Waals surface area contributed by atoms with Crippen LogP contribution in [0.25, 0.3) is 11.1 Å². The molecule has 0 aliphatic rings. The molecule has 0 radical (unpaired) electrons. The van der Waals surface area contributed by atoms with E-state index in [0.717, 1.165) is 17.3 Å². The Kier molecular flexibility index (Phi) is 7.30. The van der Waals surface area contributed by atoms with Crippen LogP contribution >= 0.6 is 9.24 Å².